The lowest BCUT2D eigenvalue weighted by Crippen LogP contribution is -2.40. The van der Waals surface area contributed by atoms with Gasteiger partial charge in [0.2, 0.25) is 0 Å². The number of fused-ring (bicyclic) bond motifs is 1. The number of esters is 1. The second kappa shape index (κ2) is 10.4. The number of nitrogens with one attached hydrogen (secondary N) is 1. The molecule has 2 aromatic carbocycles. The van der Waals surface area contributed by atoms with Crippen molar-refractivity contribution in [1.29, 1.82) is 0 Å². The Labute approximate surface area is 215 Å². The van der Waals surface area contributed by atoms with Crippen LogP contribution in [0.2, 0.25) is 5.02 Å². The van der Waals surface area contributed by atoms with E-state index >= 15 is 0 Å². The summed E-state index contributed by atoms with van der Waals surface area (Å²) in [5.74, 6) is -0.453. The summed E-state index contributed by atoms with van der Waals surface area (Å²) in [5.41, 5.74) is 3.95. The number of nitro benzene ring substituents is 1. The van der Waals surface area contributed by atoms with Crippen LogP contribution in [0.3, 0.4) is 0 Å². The minimum atomic E-state index is -0.799. The maximum absolute atomic E-state index is 13.5. The number of amides is 1. The summed E-state index contributed by atoms with van der Waals surface area (Å²) in [6, 6.07) is 10.3. The molecular weight excluding hydrogens is 510 g/mol. The molecule has 2 aromatic rings. The molecule has 1 saturated heterocycles. The molecule has 1 fully saturated rings. The van der Waals surface area contributed by atoms with Gasteiger partial charge in [-0.1, -0.05) is 23.7 Å². The van der Waals surface area contributed by atoms with E-state index in [4.69, 9.17) is 21.1 Å². The van der Waals surface area contributed by atoms with Crippen LogP contribution >= 0.6 is 23.4 Å². The molecule has 0 bridgehead atoms. The quantitative estimate of drug-likeness (QED) is 0.314. The molecule has 0 aliphatic carbocycles. The molecule has 0 radical (unpaired) electrons. The summed E-state index contributed by atoms with van der Waals surface area (Å²) in [4.78, 5) is 42.7. The maximum Gasteiger partial charge on any atom is 0.338 e. The molecule has 36 heavy (non-hydrogen) atoms. The first-order valence-corrected chi connectivity index (χ1v) is 11.8. The molecular formula is C23H20ClN5O6S. The molecule has 1 atom stereocenters. The van der Waals surface area contributed by atoms with Crippen LogP contribution in [-0.4, -0.2) is 45.6 Å². The molecule has 4 rings (SSSR count). The first kappa shape index (κ1) is 25.2. The third-order valence-electron chi connectivity index (χ3n) is 5.34. The lowest BCUT2D eigenvalue weighted by molar-refractivity contribution is -0.384. The van der Waals surface area contributed by atoms with Crippen LogP contribution in [0.1, 0.15) is 25.5 Å². The van der Waals surface area contributed by atoms with Crippen LogP contribution in [-0.2, 0) is 14.3 Å². The van der Waals surface area contributed by atoms with Crippen LogP contribution < -0.4 is 10.2 Å². The van der Waals surface area contributed by atoms with Gasteiger partial charge in [-0.15, -0.1) is 0 Å². The van der Waals surface area contributed by atoms with E-state index in [0.29, 0.717) is 22.2 Å². The topological polar surface area (TPSA) is 136 Å². The molecule has 0 saturated carbocycles. The fraction of sp³-hybridized carbons (Fsp3) is 0.217. The summed E-state index contributed by atoms with van der Waals surface area (Å²) in [6.07, 6.45) is 0. The largest absolute Gasteiger partial charge is 0.497 e. The Bertz CT molecular complexity index is 1340. The lowest BCUT2D eigenvalue weighted by Gasteiger charge is -2.32. The number of hydrogen-bond donors (Lipinski definition) is 1. The standard InChI is InChI=1S/C23H20ClN5O6S/c1-4-35-22(31)18-12(2)25-23-28(19(18)13-5-8-15(34-3)9-6-13)21(30)20(36-23)27-26-14-7-10-16(24)17(11-14)29(32)33/h5-11,19,26H,4H2,1-3H3. The molecule has 186 valence electrons. The zero-order valence-corrected chi connectivity index (χ0v) is 20.9. The number of allylic oxidation sites excluding steroid dienone is 1. The fourth-order valence-electron chi connectivity index (χ4n) is 3.68. The van der Waals surface area contributed by atoms with Crippen molar-refractivity contribution in [2.45, 2.75) is 19.9 Å². The Balaban J connectivity index is 1.70. The molecule has 1 N–H and O–H groups in total. The fourth-order valence-corrected chi connectivity index (χ4v) is 4.79. The average molecular weight is 530 g/mol. The van der Waals surface area contributed by atoms with Crippen molar-refractivity contribution < 1.29 is 24.0 Å². The molecule has 2 aliphatic heterocycles. The summed E-state index contributed by atoms with van der Waals surface area (Å²) in [7, 11) is 1.54. The van der Waals surface area contributed by atoms with Crippen LogP contribution in [0.25, 0.3) is 0 Å². The van der Waals surface area contributed by atoms with Gasteiger partial charge in [0.1, 0.15) is 10.8 Å². The number of hydrazone groups is 1. The van der Waals surface area contributed by atoms with E-state index < -0.39 is 22.8 Å². The van der Waals surface area contributed by atoms with E-state index in [9.17, 15) is 19.7 Å². The Morgan fingerprint density at radius 3 is 2.67 bits per heavy atom. The monoisotopic (exact) mass is 529 g/mol. The van der Waals surface area contributed by atoms with E-state index in [-0.39, 0.29) is 33.6 Å². The average Bonchev–Trinajstić information content (AvgIpc) is 3.17. The van der Waals surface area contributed by atoms with Crippen LogP contribution in [0.15, 0.2) is 63.8 Å². The van der Waals surface area contributed by atoms with Crippen LogP contribution in [0.5, 0.6) is 5.75 Å². The van der Waals surface area contributed by atoms with Gasteiger partial charge >= 0.3 is 5.97 Å². The first-order chi connectivity index (χ1) is 17.2. The maximum atomic E-state index is 13.5. The smallest absolute Gasteiger partial charge is 0.338 e. The van der Waals surface area contributed by atoms with E-state index in [1.54, 1.807) is 45.2 Å². The summed E-state index contributed by atoms with van der Waals surface area (Å²) in [5, 5.41) is 15.7. The Morgan fingerprint density at radius 1 is 1.31 bits per heavy atom. The van der Waals surface area contributed by atoms with E-state index in [0.717, 1.165) is 11.8 Å². The Kier molecular flexibility index (Phi) is 7.27. The van der Waals surface area contributed by atoms with Crippen molar-refractivity contribution in [3.05, 3.63) is 74.4 Å². The SMILES string of the molecule is CCOC(=O)C1=C(C)N=C2SC(=NNc3ccc(Cl)c([N+](=O)[O-])c3)C(=O)N2C1c1ccc(OC)cc1. The summed E-state index contributed by atoms with van der Waals surface area (Å²) < 4.78 is 10.5. The number of benzene rings is 2. The van der Waals surface area contributed by atoms with Crippen molar-refractivity contribution in [1.82, 2.24) is 4.90 Å². The second-order valence-corrected chi connectivity index (χ2v) is 8.88. The van der Waals surface area contributed by atoms with Crippen LogP contribution in [0.4, 0.5) is 11.4 Å². The van der Waals surface area contributed by atoms with Gasteiger partial charge in [0.05, 0.1) is 41.6 Å². The number of carbonyl (C=O) groups excluding carboxylic acids is 2. The van der Waals surface area contributed by atoms with Crippen molar-refractivity contribution in [3.63, 3.8) is 0 Å². The van der Waals surface area contributed by atoms with Gasteiger partial charge < -0.3 is 9.47 Å². The Hall–Kier alpha value is -3.90. The number of hydrogen-bond acceptors (Lipinski definition) is 10. The molecule has 1 amide bonds. The number of rotatable bonds is 7. The van der Waals surface area contributed by atoms with E-state index in [1.165, 1.54) is 23.1 Å². The van der Waals surface area contributed by atoms with Crippen molar-refractivity contribution in [3.8, 4) is 5.75 Å². The third-order valence-corrected chi connectivity index (χ3v) is 6.59. The minimum absolute atomic E-state index is 0.0219. The highest BCUT2D eigenvalue weighted by Gasteiger charge is 2.46. The number of aliphatic imine (C=N–C) groups is 1. The number of carbonyl (C=O) groups is 2. The minimum Gasteiger partial charge on any atom is -0.497 e. The second-order valence-electron chi connectivity index (χ2n) is 7.52. The summed E-state index contributed by atoms with van der Waals surface area (Å²) in [6.45, 7) is 3.54. The number of nitrogens with zero attached hydrogens (tertiary/aromatic N) is 4. The summed E-state index contributed by atoms with van der Waals surface area (Å²) >= 11 is 6.87. The number of nitro groups is 1. The normalized spacial score (nSPS) is 18.2. The number of ether oxygens (including phenoxy) is 2. The molecule has 2 heterocycles. The van der Waals surface area contributed by atoms with E-state index in [2.05, 4.69) is 15.5 Å². The number of amidine groups is 1. The number of methoxy groups -OCH3 is 1. The van der Waals surface area contributed by atoms with Gasteiger partial charge in [0.15, 0.2) is 10.2 Å². The number of halogens is 1. The zero-order valence-electron chi connectivity index (χ0n) is 19.4. The van der Waals surface area contributed by atoms with Gasteiger partial charge in [-0.3, -0.25) is 25.2 Å². The molecule has 13 heteroatoms. The van der Waals surface area contributed by atoms with Crippen LogP contribution in [0, 0.1) is 10.1 Å². The highest BCUT2D eigenvalue weighted by Crippen LogP contribution is 2.42. The van der Waals surface area contributed by atoms with Gasteiger partial charge in [-0.2, -0.15) is 5.10 Å². The Morgan fingerprint density at radius 2 is 2.03 bits per heavy atom. The first-order valence-electron chi connectivity index (χ1n) is 10.6. The zero-order chi connectivity index (χ0) is 26.0. The van der Waals surface area contributed by atoms with Gasteiger partial charge in [0, 0.05) is 6.07 Å². The molecule has 0 spiro atoms. The molecule has 11 nitrogen and oxygen atoms in total. The van der Waals surface area contributed by atoms with Crippen molar-refractivity contribution in [2.75, 3.05) is 19.1 Å². The predicted molar refractivity (Wildman–Crippen MR) is 136 cm³/mol. The van der Waals surface area contributed by atoms with Gasteiger partial charge in [-0.05, 0) is 55.4 Å². The van der Waals surface area contributed by atoms with Gasteiger partial charge in [0.25, 0.3) is 11.6 Å². The highest BCUT2D eigenvalue weighted by molar-refractivity contribution is 8.29. The molecule has 1 unspecified atom stereocenters. The van der Waals surface area contributed by atoms with Gasteiger partial charge in [-0.25, -0.2) is 9.79 Å². The highest BCUT2D eigenvalue weighted by atomic mass is 35.5. The number of anilines is 1. The molecule has 0 aromatic heterocycles. The lowest BCUT2D eigenvalue weighted by atomic mass is 9.94. The molecule has 2 aliphatic rings. The predicted octanol–water partition coefficient (Wildman–Crippen LogP) is 4.51. The van der Waals surface area contributed by atoms with Crippen molar-refractivity contribution in [2.24, 2.45) is 10.1 Å². The van der Waals surface area contributed by atoms with E-state index in [1.807, 2.05) is 0 Å². The third kappa shape index (κ3) is 4.77. The number of thioether (sulfide) groups is 1. The van der Waals surface area contributed by atoms with Crippen molar-refractivity contribution >= 4 is 56.8 Å².